The minimum absolute atomic E-state index is 0.110. The first-order valence-corrected chi connectivity index (χ1v) is 9.98. The Morgan fingerprint density at radius 3 is 2.61 bits per heavy atom. The van der Waals surface area contributed by atoms with Gasteiger partial charge in [0.1, 0.15) is 22.8 Å². The molecule has 3 aromatic heterocycles. The first-order valence-electron chi connectivity index (χ1n) is 9.16. The molecule has 0 fully saturated rings. The van der Waals surface area contributed by atoms with Crippen LogP contribution in [0.2, 0.25) is 0 Å². The summed E-state index contributed by atoms with van der Waals surface area (Å²) in [6.45, 7) is 3.67. The summed E-state index contributed by atoms with van der Waals surface area (Å²) in [4.78, 5) is 29.9. The third-order valence-corrected chi connectivity index (χ3v) is 5.53. The Morgan fingerprint density at radius 1 is 1.19 bits per heavy atom. The molecule has 0 spiro atoms. The Morgan fingerprint density at radius 2 is 1.94 bits per heavy atom. The SMILES string of the molecule is Cc1cc(CNC(=O)c2sc(-n3cnn(Cc4cc(F)cc(F)c4)c3=O)nc2C)n[nH]1. The molecule has 0 saturated carbocycles. The lowest BCUT2D eigenvalue weighted by atomic mass is 10.2. The van der Waals surface area contributed by atoms with Crippen LogP contribution in [0.4, 0.5) is 8.78 Å². The van der Waals surface area contributed by atoms with Crippen molar-refractivity contribution in [3.05, 3.63) is 80.2 Å². The predicted octanol–water partition coefficient (Wildman–Crippen LogP) is 2.09. The lowest BCUT2D eigenvalue weighted by Gasteiger charge is -2.01. The highest BCUT2D eigenvalue weighted by Crippen LogP contribution is 2.20. The summed E-state index contributed by atoms with van der Waals surface area (Å²) in [6, 6.07) is 4.84. The van der Waals surface area contributed by atoms with Crippen molar-refractivity contribution < 1.29 is 13.6 Å². The zero-order valence-corrected chi connectivity index (χ0v) is 17.3. The molecule has 3 heterocycles. The minimum Gasteiger partial charge on any atom is -0.346 e. The van der Waals surface area contributed by atoms with Crippen LogP contribution in [0.5, 0.6) is 0 Å². The molecule has 0 radical (unpaired) electrons. The fraction of sp³-hybridized carbons (Fsp3) is 0.211. The molecule has 9 nitrogen and oxygen atoms in total. The number of H-pyrrole nitrogens is 1. The van der Waals surface area contributed by atoms with Crippen molar-refractivity contribution in [1.29, 1.82) is 0 Å². The molecule has 0 aliphatic carbocycles. The second kappa shape index (κ2) is 8.22. The molecule has 4 rings (SSSR count). The molecule has 31 heavy (non-hydrogen) atoms. The standard InChI is InChI=1S/C19H17F2N7O2S/c1-10-3-15(26-25-10)7-22-17(29)16-11(2)24-18(31-16)27-9-23-28(19(27)30)8-12-4-13(20)6-14(21)5-12/h3-6,9H,7-8H2,1-2H3,(H,22,29)(H,25,26). The second-order valence-electron chi connectivity index (χ2n) is 6.85. The number of halogens is 2. The number of amides is 1. The summed E-state index contributed by atoms with van der Waals surface area (Å²) >= 11 is 1.04. The number of aryl methyl sites for hydroxylation is 2. The molecule has 12 heteroatoms. The normalized spacial score (nSPS) is 11.1. The van der Waals surface area contributed by atoms with E-state index in [0.29, 0.717) is 16.3 Å². The van der Waals surface area contributed by atoms with Crippen molar-refractivity contribution in [3.63, 3.8) is 0 Å². The highest BCUT2D eigenvalue weighted by molar-refractivity contribution is 7.16. The van der Waals surface area contributed by atoms with Gasteiger partial charge in [-0.3, -0.25) is 9.89 Å². The van der Waals surface area contributed by atoms with E-state index in [9.17, 15) is 18.4 Å². The fourth-order valence-corrected chi connectivity index (χ4v) is 3.91. The number of hydrogen-bond acceptors (Lipinski definition) is 6. The van der Waals surface area contributed by atoms with Gasteiger partial charge in [-0.1, -0.05) is 11.3 Å². The van der Waals surface area contributed by atoms with Crippen LogP contribution >= 0.6 is 11.3 Å². The Balaban J connectivity index is 1.52. The molecule has 0 unspecified atom stereocenters. The van der Waals surface area contributed by atoms with Gasteiger partial charge in [-0.25, -0.2) is 27.8 Å². The third-order valence-electron chi connectivity index (χ3n) is 4.37. The van der Waals surface area contributed by atoms with Crippen LogP contribution < -0.4 is 11.0 Å². The van der Waals surface area contributed by atoms with Crippen LogP contribution in [-0.2, 0) is 13.1 Å². The Labute approximate surface area is 178 Å². The average molecular weight is 445 g/mol. The van der Waals surface area contributed by atoms with E-state index >= 15 is 0 Å². The number of thiazole rings is 1. The average Bonchev–Trinajstić information content (AvgIpc) is 3.39. The molecule has 2 N–H and O–H groups in total. The van der Waals surface area contributed by atoms with Gasteiger partial charge in [-0.05, 0) is 37.6 Å². The molecule has 0 atom stereocenters. The van der Waals surface area contributed by atoms with E-state index < -0.39 is 17.3 Å². The van der Waals surface area contributed by atoms with Crippen LogP contribution in [0.1, 0.15) is 32.3 Å². The number of hydrogen-bond donors (Lipinski definition) is 2. The van der Waals surface area contributed by atoms with Crippen molar-refractivity contribution in [1.82, 2.24) is 34.8 Å². The first-order chi connectivity index (χ1) is 14.8. The van der Waals surface area contributed by atoms with Crippen molar-refractivity contribution in [3.8, 4) is 5.13 Å². The topological polar surface area (TPSA) is 110 Å². The van der Waals surface area contributed by atoms with Crippen LogP contribution in [-0.4, -0.2) is 35.4 Å². The lowest BCUT2D eigenvalue weighted by Crippen LogP contribution is -2.24. The van der Waals surface area contributed by atoms with E-state index in [4.69, 9.17) is 0 Å². The zero-order valence-electron chi connectivity index (χ0n) is 16.5. The maximum Gasteiger partial charge on any atom is 0.352 e. The number of nitrogens with one attached hydrogen (secondary N) is 2. The molecule has 0 bridgehead atoms. The number of carbonyl (C=O) groups is 1. The summed E-state index contributed by atoms with van der Waals surface area (Å²) in [5.74, 6) is -1.81. The second-order valence-corrected chi connectivity index (χ2v) is 7.83. The molecular weight excluding hydrogens is 428 g/mol. The van der Waals surface area contributed by atoms with Crippen LogP contribution in [0, 0.1) is 25.5 Å². The van der Waals surface area contributed by atoms with E-state index in [-0.39, 0.29) is 29.7 Å². The summed E-state index contributed by atoms with van der Waals surface area (Å²) < 4.78 is 29.0. The minimum atomic E-state index is -0.737. The van der Waals surface area contributed by atoms with E-state index in [1.165, 1.54) is 10.9 Å². The number of benzene rings is 1. The Hall–Kier alpha value is -3.67. The van der Waals surface area contributed by atoms with Crippen LogP contribution in [0.3, 0.4) is 0 Å². The van der Waals surface area contributed by atoms with Gasteiger partial charge in [0.05, 0.1) is 24.5 Å². The molecule has 0 aliphatic heterocycles. The van der Waals surface area contributed by atoms with Crippen LogP contribution in [0.25, 0.3) is 5.13 Å². The van der Waals surface area contributed by atoms with Crippen molar-refractivity contribution in [2.45, 2.75) is 26.9 Å². The maximum absolute atomic E-state index is 13.4. The monoisotopic (exact) mass is 445 g/mol. The summed E-state index contributed by atoms with van der Waals surface area (Å²) in [7, 11) is 0. The predicted molar refractivity (Wildman–Crippen MR) is 108 cm³/mol. The number of aromatic nitrogens is 6. The van der Waals surface area contributed by atoms with Crippen molar-refractivity contribution in [2.75, 3.05) is 0 Å². The van der Waals surface area contributed by atoms with Crippen molar-refractivity contribution in [2.24, 2.45) is 0 Å². The number of carbonyl (C=O) groups excluding carboxylic acids is 1. The maximum atomic E-state index is 13.4. The van der Waals surface area contributed by atoms with Crippen molar-refractivity contribution >= 4 is 17.2 Å². The van der Waals surface area contributed by atoms with E-state index in [1.807, 2.05) is 13.0 Å². The van der Waals surface area contributed by atoms with Gasteiger partial charge in [0.15, 0.2) is 5.13 Å². The van der Waals surface area contributed by atoms with E-state index in [2.05, 4.69) is 25.6 Å². The molecule has 1 amide bonds. The molecule has 0 aliphatic rings. The third kappa shape index (κ3) is 4.43. The quantitative estimate of drug-likeness (QED) is 0.472. The largest absolute Gasteiger partial charge is 0.352 e. The van der Waals surface area contributed by atoms with Gasteiger partial charge < -0.3 is 5.32 Å². The molecule has 4 aromatic rings. The Kier molecular flexibility index (Phi) is 5.46. The fourth-order valence-electron chi connectivity index (χ4n) is 2.96. The molecule has 1 aromatic carbocycles. The van der Waals surface area contributed by atoms with Gasteiger partial charge >= 0.3 is 5.69 Å². The highest BCUT2D eigenvalue weighted by atomic mass is 32.1. The molecule has 0 saturated heterocycles. The highest BCUT2D eigenvalue weighted by Gasteiger charge is 2.19. The molecule has 160 valence electrons. The number of aromatic amines is 1. The van der Waals surface area contributed by atoms with Crippen LogP contribution in [0.15, 0.2) is 35.4 Å². The first kappa shape index (κ1) is 20.6. The lowest BCUT2D eigenvalue weighted by molar-refractivity contribution is 0.0953. The summed E-state index contributed by atoms with van der Waals surface area (Å²) in [5.41, 5.74) is 1.76. The number of rotatable bonds is 6. The summed E-state index contributed by atoms with van der Waals surface area (Å²) in [6.07, 6.45) is 1.25. The zero-order chi connectivity index (χ0) is 22.1. The van der Waals surface area contributed by atoms with Gasteiger partial charge in [0.25, 0.3) is 5.91 Å². The number of nitrogens with zero attached hydrogens (tertiary/aromatic N) is 5. The van der Waals surface area contributed by atoms with E-state index in [0.717, 1.165) is 39.9 Å². The smallest absolute Gasteiger partial charge is 0.346 e. The molecular formula is C19H17F2N7O2S. The summed E-state index contributed by atoms with van der Waals surface area (Å²) in [5, 5.41) is 13.9. The van der Waals surface area contributed by atoms with E-state index in [1.54, 1.807) is 6.92 Å². The Bertz CT molecular complexity index is 1300. The van der Waals surface area contributed by atoms with Gasteiger partial charge in [-0.2, -0.15) is 10.2 Å². The van der Waals surface area contributed by atoms with Gasteiger partial charge in [0.2, 0.25) is 0 Å². The van der Waals surface area contributed by atoms with Gasteiger partial charge in [0, 0.05) is 11.8 Å². The van der Waals surface area contributed by atoms with Gasteiger partial charge in [-0.15, -0.1) is 0 Å².